The molecule has 0 fully saturated rings. The largest absolute Gasteiger partial charge is 0.322 e. The molecule has 0 aliphatic heterocycles. The van der Waals surface area contributed by atoms with Crippen molar-refractivity contribution < 1.29 is 4.79 Å². The molecule has 0 atom stereocenters. The van der Waals surface area contributed by atoms with Crippen molar-refractivity contribution in [2.24, 2.45) is 0 Å². The van der Waals surface area contributed by atoms with Crippen molar-refractivity contribution in [3.63, 3.8) is 0 Å². The van der Waals surface area contributed by atoms with E-state index >= 15 is 0 Å². The monoisotopic (exact) mass is 372 g/mol. The van der Waals surface area contributed by atoms with Crippen molar-refractivity contribution in [2.75, 3.05) is 5.32 Å². The van der Waals surface area contributed by atoms with E-state index in [-0.39, 0.29) is 11.4 Å². The number of rotatable bonds is 5. The molecule has 0 bridgehead atoms. The molecule has 144 valence electrons. The molecule has 28 heavy (non-hydrogen) atoms. The first-order chi connectivity index (χ1) is 13.4. The van der Waals surface area contributed by atoms with Gasteiger partial charge in [-0.15, -0.1) is 0 Å². The summed E-state index contributed by atoms with van der Waals surface area (Å²) in [5.41, 5.74) is 4.36. The Morgan fingerprint density at radius 3 is 1.64 bits per heavy atom. The standard InChI is InChI=1S/C25H28N2O/c1-25(2,3)22-14-16-23(17-15-22)26-24(28)27(18-20-10-6-4-7-11-20)19-21-12-8-5-9-13-21/h4-17H,18-19H2,1-3H3,(H,26,28). The summed E-state index contributed by atoms with van der Waals surface area (Å²) in [6.07, 6.45) is 0. The summed E-state index contributed by atoms with van der Waals surface area (Å²) in [6.45, 7) is 7.66. The van der Waals surface area contributed by atoms with E-state index in [0.29, 0.717) is 13.1 Å². The van der Waals surface area contributed by atoms with Gasteiger partial charge in [-0.2, -0.15) is 0 Å². The van der Waals surface area contributed by atoms with E-state index in [1.807, 2.05) is 77.7 Å². The number of amides is 2. The molecule has 0 heterocycles. The van der Waals surface area contributed by atoms with Gasteiger partial charge < -0.3 is 10.2 Å². The maximum absolute atomic E-state index is 13.0. The quantitative estimate of drug-likeness (QED) is 0.566. The van der Waals surface area contributed by atoms with Gasteiger partial charge in [-0.1, -0.05) is 93.6 Å². The molecule has 0 radical (unpaired) electrons. The zero-order valence-electron chi connectivity index (χ0n) is 16.9. The predicted octanol–water partition coefficient (Wildman–Crippen LogP) is 6.22. The van der Waals surface area contributed by atoms with Crippen LogP contribution in [-0.2, 0) is 18.5 Å². The van der Waals surface area contributed by atoms with Crippen LogP contribution >= 0.6 is 0 Å². The van der Waals surface area contributed by atoms with Crippen LogP contribution < -0.4 is 5.32 Å². The number of anilines is 1. The molecular weight excluding hydrogens is 344 g/mol. The van der Waals surface area contributed by atoms with Crippen molar-refractivity contribution in [1.29, 1.82) is 0 Å². The van der Waals surface area contributed by atoms with Crippen molar-refractivity contribution in [3.05, 3.63) is 102 Å². The van der Waals surface area contributed by atoms with Crippen LogP contribution in [0.2, 0.25) is 0 Å². The lowest BCUT2D eigenvalue weighted by Gasteiger charge is -2.24. The molecule has 0 saturated carbocycles. The second-order valence-electron chi connectivity index (χ2n) is 8.08. The molecule has 0 aliphatic carbocycles. The summed E-state index contributed by atoms with van der Waals surface area (Å²) >= 11 is 0. The van der Waals surface area contributed by atoms with Gasteiger partial charge in [0.15, 0.2) is 0 Å². The van der Waals surface area contributed by atoms with Crippen LogP contribution in [0.25, 0.3) is 0 Å². The van der Waals surface area contributed by atoms with Crippen LogP contribution in [-0.4, -0.2) is 10.9 Å². The molecule has 3 aromatic rings. The Kier molecular flexibility index (Phi) is 6.15. The van der Waals surface area contributed by atoms with Gasteiger partial charge in [0, 0.05) is 18.8 Å². The van der Waals surface area contributed by atoms with Crippen LogP contribution in [0.15, 0.2) is 84.9 Å². The highest BCUT2D eigenvalue weighted by Gasteiger charge is 2.16. The van der Waals surface area contributed by atoms with E-state index in [0.717, 1.165) is 16.8 Å². The highest BCUT2D eigenvalue weighted by Crippen LogP contribution is 2.23. The average molecular weight is 373 g/mol. The highest BCUT2D eigenvalue weighted by atomic mass is 16.2. The number of carbonyl (C=O) groups is 1. The summed E-state index contributed by atoms with van der Waals surface area (Å²) in [4.78, 5) is 14.9. The molecule has 0 aliphatic rings. The first-order valence-electron chi connectivity index (χ1n) is 9.66. The van der Waals surface area contributed by atoms with Crippen LogP contribution in [0.3, 0.4) is 0 Å². The minimum Gasteiger partial charge on any atom is -0.316 e. The van der Waals surface area contributed by atoms with Gasteiger partial charge in [-0.3, -0.25) is 0 Å². The molecule has 0 spiro atoms. The van der Waals surface area contributed by atoms with E-state index in [4.69, 9.17) is 0 Å². The van der Waals surface area contributed by atoms with Gasteiger partial charge >= 0.3 is 6.03 Å². The molecule has 0 saturated heterocycles. The molecule has 3 aromatic carbocycles. The minimum absolute atomic E-state index is 0.0925. The smallest absolute Gasteiger partial charge is 0.316 e. The van der Waals surface area contributed by atoms with Crippen LogP contribution in [0.4, 0.5) is 10.5 Å². The second-order valence-corrected chi connectivity index (χ2v) is 8.08. The number of hydrogen-bond donors (Lipinski definition) is 1. The third-order valence-corrected chi connectivity index (χ3v) is 4.72. The fraction of sp³-hybridized carbons (Fsp3) is 0.240. The Hall–Kier alpha value is -3.07. The number of urea groups is 1. The van der Waals surface area contributed by atoms with Gasteiger partial charge in [-0.25, -0.2) is 4.79 Å². The maximum atomic E-state index is 13.0. The van der Waals surface area contributed by atoms with Gasteiger partial charge in [0.05, 0.1) is 0 Å². The molecule has 2 amide bonds. The summed E-state index contributed by atoms with van der Waals surface area (Å²) in [5.74, 6) is 0. The Morgan fingerprint density at radius 2 is 1.21 bits per heavy atom. The zero-order chi connectivity index (χ0) is 20.0. The fourth-order valence-electron chi connectivity index (χ4n) is 3.06. The fourth-order valence-corrected chi connectivity index (χ4v) is 3.06. The number of benzene rings is 3. The highest BCUT2D eigenvalue weighted by molar-refractivity contribution is 5.89. The molecule has 3 heteroatoms. The molecule has 3 rings (SSSR count). The lowest BCUT2D eigenvalue weighted by molar-refractivity contribution is 0.206. The first-order valence-corrected chi connectivity index (χ1v) is 9.66. The van der Waals surface area contributed by atoms with E-state index in [2.05, 4.69) is 38.2 Å². The van der Waals surface area contributed by atoms with E-state index in [1.165, 1.54) is 5.56 Å². The zero-order valence-corrected chi connectivity index (χ0v) is 16.9. The Labute approximate surface area is 168 Å². The topological polar surface area (TPSA) is 32.3 Å². The number of nitrogens with one attached hydrogen (secondary N) is 1. The maximum Gasteiger partial charge on any atom is 0.322 e. The third-order valence-electron chi connectivity index (χ3n) is 4.72. The second kappa shape index (κ2) is 8.75. The molecule has 3 nitrogen and oxygen atoms in total. The molecular formula is C25H28N2O. The molecule has 1 N–H and O–H groups in total. The Balaban J connectivity index is 1.75. The summed E-state index contributed by atoms with van der Waals surface area (Å²) in [6, 6.07) is 28.2. The van der Waals surface area contributed by atoms with Crippen molar-refractivity contribution in [3.8, 4) is 0 Å². The Bertz CT molecular complexity index is 840. The van der Waals surface area contributed by atoms with E-state index < -0.39 is 0 Å². The van der Waals surface area contributed by atoms with Crippen molar-refractivity contribution in [2.45, 2.75) is 39.3 Å². The van der Waals surface area contributed by atoms with E-state index in [9.17, 15) is 4.79 Å². The summed E-state index contributed by atoms with van der Waals surface area (Å²) < 4.78 is 0. The normalized spacial score (nSPS) is 11.1. The van der Waals surface area contributed by atoms with Gasteiger partial charge in [0.2, 0.25) is 0 Å². The summed E-state index contributed by atoms with van der Waals surface area (Å²) in [7, 11) is 0. The van der Waals surface area contributed by atoms with E-state index in [1.54, 1.807) is 0 Å². The van der Waals surface area contributed by atoms with Crippen molar-refractivity contribution >= 4 is 11.7 Å². The van der Waals surface area contributed by atoms with Crippen molar-refractivity contribution in [1.82, 2.24) is 4.90 Å². The number of nitrogens with zero attached hydrogens (tertiary/aromatic N) is 1. The van der Waals surface area contributed by atoms with Crippen LogP contribution in [0.5, 0.6) is 0 Å². The average Bonchev–Trinajstić information content (AvgIpc) is 2.69. The SMILES string of the molecule is CC(C)(C)c1ccc(NC(=O)N(Cc2ccccc2)Cc2ccccc2)cc1. The summed E-state index contributed by atoms with van der Waals surface area (Å²) in [5, 5.41) is 3.05. The minimum atomic E-state index is -0.101. The third kappa shape index (κ3) is 5.46. The van der Waals surface area contributed by atoms with Crippen LogP contribution in [0, 0.1) is 0 Å². The molecule has 0 unspecified atom stereocenters. The van der Waals surface area contributed by atoms with Gasteiger partial charge in [-0.05, 0) is 34.2 Å². The number of hydrogen-bond acceptors (Lipinski definition) is 1. The lowest BCUT2D eigenvalue weighted by Crippen LogP contribution is -2.34. The predicted molar refractivity (Wildman–Crippen MR) is 116 cm³/mol. The van der Waals surface area contributed by atoms with Crippen LogP contribution in [0.1, 0.15) is 37.5 Å². The Morgan fingerprint density at radius 1 is 0.750 bits per heavy atom. The lowest BCUT2D eigenvalue weighted by atomic mass is 9.87. The number of carbonyl (C=O) groups excluding carboxylic acids is 1. The molecule has 0 aromatic heterocycles. The first kappa shape index (κ1) is 19.7. The van der Waals surface area contributed by atoms with Gasteiger partial charge in [0.25, 0.3) is 0 Å². The van der Waals surface area contributed by atoms with Gasteiger partial charge in [0.1, 0.15) is 0 Å².